The van der Waals surface area contributed by atoms with Crippen LogP contribution in [0.25, 0.3) is 0 Å². The van der Waals surface area contributed by atoms with Crippen molar-refractivity contribution in [3.63, 3.8) is 0 Å². The number of rotatable bonds is 6. The van der Waals surface area contributed by atoms with E-state index < -0.39 is 0 Å². The first kappa shape index (κ1) is 21.4. The fourth-order valence-electron chi connectivity index (χ4n) is 3.80. The highest BCUT2D eigenvalue weighted by atomic mass is 19.1. The lowest BCUT2D eigenvalue weighted by Crippen LogP contribution is -2.49. The van der Waals surface area contributed by atoms with Crippen LogP contribution in [0.1, 0.15) is 22.3 Å². The highest BCUT2D eigenvalue weighted by Gasteiger charge is 2.28. The molecule has 0 spiro atoms. The molecule has 1 saturated heterocycles. The van der Waals surface area contributed by atoms with E-state index in [1.807, 2.05) is 18.2 Å². The second-order valence-electron chi connectivity index (χ2n) is 7.51. The minimum atomic E-state index is -0.317. The van der Waals surface area contributed by atoms with Gasteiger partial charge in [-0.1, -0.05) is 36.4 Å². The largest absolute Gasteiger partial charge is 0.496 e. The normalized spacial score (nSPS) is 13.8. The summed E-state index contributed by atoms with van der Waals surface area (Å²) in [5, 5.41) is 2.92. The van der Waals surface area contributed by atoms with Gasteiger partial charge in [0, 0.05) is 19.6 Å². The summed E-state index contributed by atoms with van der Waals surface area (Å²) in [5.41, 5.74) is 2.44. The molecule has 7 heteroatoms. The quantitative estimate of drug-likeness (QED) is 0.600. The fraction of sp³-hybridized carbons (Fsp3) is 0.200. The Morgan fingerprint density at radius 2 is 1.72 bits per heavy atom. The smallest absolute Gasteiger partial charge is 0.324 e. The van der Waals surface area contributed by atoms with Gasteiger partial charge in [-0.15, -0.1) is 0 Å². The van der Waals surface area contributed by atoms with Crippen LogP contribution in [0, 0.1) is 5.82 Å². The summed E-state index contributed by atoms with van der Waals surface area (Å²) in [7, 11) is 1.52. The van der Waals surface area contributed by atoms with Crippen LogP contribution in [0.15, 0.2) is 72.8 Å². The molecular formula is C25H24FN3O3. The van der Waals surface area contributed by atoms with E-state index in [1.54, 1.807) is 52.3 Å². The molecule has 3 amide bonds. The number of urea groups is 1. The monoisotopic (exact) mass is 433 g/mol. The van der Waals surface area contributed by atoms with E-state index in [9.17, 15) is 14.0 Å². The van der Waals surface area contributed by atoms with Gasteiger partial charge in [-0.3, -0.25) is 9.69 Å². The molecule has 1 aliphatic heterocycles. The summed E-state index contributed by atoms with van der Waals surface area (Å²) in [4.78, 5) is 29.6. The number of hydrogen-bond donors (Lipinski definition) is 1. The number of anilines is 2. The molecule has 3 aromatic rings. The molecule has 0 aliphatic carbocycles. The van der Waals surface area contributed by atoms with E-state index in [0.29, 0.717) is 42.3 Å². The number of amides is 3. The van der Waals surface area contributed by atoms with Gasteiger partial charge in [0.05, 0.1) is 24.0 Å². The van der Waals surface area contributed by atoms with Crippen LogP contribution >= 0.6 is 0 Å². The second-order valence-corrected chi connectivity index (χ2v) is 7.51. The summed E-state index contributed by atoms with van der Waals surface area (Å²) in [6.07, 6.45) is 0.779. The third kappa shape index (κ3) is 4.56. The average molecular weight is 433 g/mol. The number of carbonyl (C=O) groups is 2. The zero-order valence-corrected chi connectivity index (χ0v) is 17.8. The van der Waals surface area contributed by atoms with Crippen LogP contribution < -0.4 is 15.0 Å². The Balaban J connectivity index is 1.55. The number of halogens is 1. The van der Waals surface area contributed by atoms with Gasteiger partial charge in [-0.2, -0.15) is 0 Å². The number of nitrogens with one attached hydrogen (secondary N) is 1. The average Bonchev–Trinajstić information content (AvgIpc) is 2.82. The Morgan fingerprint density at radius 3 is 2.50 bits per heavy atom. The number of hydrogen-bond acceptors (Lipinski definition) is 3. The molecule has 32 heavy (non-hydrogen) atoms. The lowest BCUT2D eigenvalue weighted by molar-refractivity contribution is 0.102. The van der Waals surface area contributed by atoms with Gasteiger partial charge in [0.2, 0.25) is 0 Å². The minimum absolute atomic E-state index is 0.153. The van der Waals surface area contributed by atoms with Crippen LogP contribution in [-0.2, 0) is 6.54 Å². The van der Waals surface area contributed by atoms with E-state index in [1.165, 1.54) is 19.2 Å². The number of ether oxygens (including phenoxy) is 1. The molecule has 1 N–H and O–H groups in total. The van der Waals surface area contributed by atoms with Crippen molar-refractivity contribution in [3.05, 3.63) is 89.7 Å². The summed E-state index contributed by atoms with van der Waals surface area (Å²) in [6, 6.07) is 20.2. The van der Waals surface area contributed by atoms with Gasteiger partial charge in [0.25, 0.3) is 5.91 Å². The van der Waals surface area contributed by atoms with Crippen molar-refractivity contribution in [3.8, 4) is 5.75 Å². The Hall–Kier alpha value is -3.87. The highest BCUT2D eigenvalue weighted by Crippen LogP contribution is 2.30. The topological polar surface area (TPSA) is 61.9 Å². The molecular weight excluding hydrogens is 409 g/mol. The predicted octanol–water partition coefficient (Wildman–Crippen LogP) is 4.92. The van der Waals surface area contributed by atoms with Gasteiger partial charge in [0.1, 0.15) is 11.6 Å². The van der Waals surface area contributed by atoms with E-state index >= 15 is 0 Å². The summed E-state index contributed by atoms with van der Waals surface area (Å²) < 4.78 is 18.5. The van der Waals surface area contributed by atoms with Crippen molar-refractivity contribution in [2.75, 3.05) is 30.4 Å². The maximum atomic E-state index is 13.3. The molecule has 0 unspecified atom stereocenters. The van der Waals surface area contributed by atoms with Crippen LogP contribution in [0.3, 0.4) is 0 Å². The van der Waals surface area contributed by atoms with Crippen LogP contribution in [0.2, 0.25) is 0 Å². The third-order valence-corrected chi connectivity index (χ3v) is 5.39. The van der Waals surface area contributed by atoms with E-state index in [-0.39, 0.29) is 17.8 Å². The number of benzene rings is 3. The number of methoxy groups -OCH3 is 1. The molecule has 164 valence electrons. The number of carbonyl (C=O) groups excluding carboxylic acids is 2. The lowest BCUT2D eigenvalue weighted by Gasteiger charge is -2.36. The van der Waals surface area contributed by atoms with Crippen molar-refractivity contribution in [1.29, 1.82) is 0 Å². The van der Waals surface area contributed by atoms with Gasteiger partial charge >= 0.3 is 6.03 Å². The summed E-state index contributed by atoms with van der Waals surface area (Å²) in [5.74, 6) is -0.149. The third-order valence-electron chi connectivity index (χ3n) is 5.39. The molecule has 0 atom stereocenters. The van der Waals surface area contributed by atoms with Crippen molar-refractivity contribution in [2.45, 2.75) is 13.0 Å². The number of nitrogens with zero attached hydrogens (tertiary/aromatic N) is 2. The van der Waals surface area contributed by atoms with Gasteiger partial charge in [-0.05, 0) is 48.4 Å². The van der Waals surface area contributed by atoms with E-state index in [2.05, 4.69) is 5.32 Å². The van der Waals surface area contributed by atoms with E-state index in [4.69, 9.17) is 4.74 Å². The van der Waals surface area contributed by atoms with Gasteiger partial charge in [-0.25, -0.2) is 9.18 Å². The molecule has 1 fully saturated rings. The Morgan fingerprint density at radius 1 is 1.00 bits per heavy atom. The molecule has 0 saturated carbocycles. The molecule has 1 aliphatic rings. The maximum absolute atomic E-state index is 13.3. The first-order valence-electron chi connectivity index (χ1n) is 10.4. The maximum Gasteiger partial charge on any atom is 0.324 e. The standard InChI is InChI=1S/C25H24FN3O3/c1-32-23-10-5-2-7-20(23)24(30)27-21-8-3-4-9-22(21)29-16-6-15-28(25(29)31)17-18-11-13-19(26)14-12-18/h2-5,7-14H,6,15-17H2,1H3,(H,27,30). The molecule has 6 nitrogen and oxygen atoms in total. The van der Waals surface area contributed by atoms with Crippen molar-refractivity contribution >= 4 is 23.3 Å². The predicted molar refractivity (Wildman–Crippen MR) is 122 cm³/mol. The molecule has 0 bridgehead atoms. The first-order chi connectivity index (χ1) is 15.6. The molecule has 0 aromatic heterocycles. The fourth-order valence-corrected chi connectivity index (χ4v) is 3.80. The van der Waals surface area contributed by atoms with Crippen LogP contribution in [0.4, 0.5) is 20.6 Å². The summed E-state index contributed by atoms with van der Waals surface area (Å²) in [6.45, 7) is 1.55. The van der Waals surface area contributed by atoms with Crippen molar-refractivity contribution in [2.24, 2.45) is 0 Å². The molecule has 4 rings (SSSR count). The van der Waals surface area contributed by atoms with Crippen molar-refractivity contribution in [1.82, 2.24) is 4.90 Å². The van der Waals surface area contributed by atoms with E-state index in [0.717, 1.165) is 12.0 Å². The van der Waals surface area contributed by atoms with Crippen LogP contribution in [0.5, 0.6) is 5.75 Å². The lowest BCUT2D eigenvalue weighted by atomic mass is 10.1. The highest BCUT2D eigenvalue weighted by molar-refractivity contribution is 6.09. The van der Waals surface area contributed by atoms with Crippen LogP contribution in [-0.4, -0.2) is 37.0 Å². The van der Waals surface area contributed by atoms with Crippen molar-refractivity contribution < 1.29 is 18.7 Å². The SMILES string of the molecule is COc1ccccc1C(=O)Nc1ccccc1N1CCCN(Cc2ccc(F)cc2)C1=O. The molecule has 1 heterocycles. The summed E-state index contributed by atoms with van der Waals surface area (Å²) >= 11 is 0. The molecule has 3 aromatic carbocycles. The number of para-hydroxylation sites is 3. The van der Waals surface area contributed by atoms with Gasteiger partial charge < -0.3 is 15.0 Å². The Labute approximate surface area is 186 Å². The Bertz CT molecular complexity index is 1120. The molecule has 0 radical (unpaired) electrons. The first-order valence-corrected chi connectivity index (χ1v) is 10.4. The minimum Gasteiger partial charge on any atom is -0.496 e. The van der Waals surface area contributed by atoms with Gasteiger partial charge in [0.15, 0.2) is 0 Å². The second kappa shape index (κ2) is 9.51. The Kier molecular flexibility index (Phi) is 6.35. The zero-order valence-electron chi connectivity index (χ0n) is 17.8. The zero-order chi connectivity index (χ0) is 22.5.